The van der Waals surface area contributed by atoms with Gasteiger partial charge < -0.3 is 15.7 Å². The lowest BCUT2D eigenvalue weighted by molar-refractivity contribution is -0.137. The zero-order valence-corrected chi connectivity index (χ0v) is 14.3. The van der Waals surface area contributed by atoms with Crippen molar-refractivity contribution in [3.05, 3.63) is 65.7 Å². The molecule has 0 saturated carbocycles. The lowest BCUT2D eigenvalue weighted by atomic mass is 10.0. The Morgan fingerprint density at radius 1 is 1.00 bits per heavy atom. The van der Waals surface area contributed by atoms with Gasteiger partial charge in [-0.1, -0.05) is 42.5 Å². The van der Waals surface area contributed by atoms with E-state index in [0.717, 1.165) is 38.3 Å². The molecule has 0 bridgehead atoms. The molecule has 2 aromatic carbocycles. The highest BCUT2D eigenvalue weighted by atomic mass is 16.4. The smallest absolute Gasteiger partial charge is 0.305 e. The standard InChI is InChI=1S/C20H25N3O2/c21-19(14-20(24)25)17-6-8-18(9-7-17)23-12-10-22(11-13-23)15-16-4-2-1-3-5-16/h1-9,19H,10-15,21H2,(H,24,25). The molecule has 0 spiro atoms. The molecular weight excluding hydrogens is 314 g/mol. The third-order valence-electron chi connectivity index (χ3n) is 4.70. The number of hydrogen-bond acceptors (Lipinski definition) is 4. The van der Waals surface area contributed by atoms with Gasteiger partial charge in [0.25, 0.3) is 0 Å². The van der Waals surface area contributed by atoms with Crippen molar-refractivity contribution in [2.45, 2.75) is 19.0 Å². The number of aliphatic carboxylic acids is 1. The predicted molar refractivity (Wildman–Crippen MR) is 99.6 cm³/mol. The van der Waals surface area contributed by atoms with Gasteiger partial charge in [-0.25, -0.2) is 0 Å². The quantitative estimate of drug-likeness (QED) is 0.846. The van der Waals surface area contributed by atoms with Crippen LogP contribution in [0.5, 0.6) is 0 Å². The first-order valence-corrected chi connectivity index (χ1v) is 8.70. The molecule has 1 aliphatic rings. The lowest BCUT2D eigenvalue weighted by Crippen LogP contribution is -2.45. The van der Waals surface area contributed by atoms with Crippen LogP contribution in [0, 0.1) is 0 Å². The Morgan fingerprint density at radius 3 is 2.24 bits per heavy atom. The Morgan fingerprint density at radius 2 is 1.64 bits per heavy atom. The summed E-state index contributed by atoms with van der Waals surface area (Å²) in [4.78, 5) is 15.6. The van der Waals surface area contributed by atoms with E-state index < -0.39 is 12.0 Å². The van der Waals surface area contributed by atoms with Crippen molar-refractivity contribution in [1.29, 1.82) is 0 Å². The summed E-state index contributed by atoms with van der Waals surface area (Å²) < 4.78 is 0. The maximum absolute atomic E-state index is 10.8. The summed E-state index contributed by atoms with van der Waals surface area (Å²) >= 11 is 0. The molecule has 0 radical (unpaired) electrons. The number of nitrogens with zero attached hydrogens (tertiary/aromatic N) is 2. The summed E-state index contributed by atoms with van der Waals surface area (Å²) in [6.45, 7) is 5.06. The van der Waals surface area contributed by atoms with Crippen LogP contribution < -0.4 is 10.6 Å². The molecule has 1 saturated heterocycles. The van der Waals surface area contributed by atoms with Crippen LogP contribution in [-0.2, 0) is 11.3 Å². The van der Waals surface area contributed by atoms with E-state index in [1.807, 2.05) is 30.3 Å². The Hall–Kier alpha value is -2.37. The highest BCUT2D eigenvalue weighted by Crippen LogP contribution is 2.21. The number of carbonyl (C=O) groups is 1. The van der Waals surface area contributed by atoms with Gasteiger partial charge in [0.15, 0.2) is 0 Å². The molecule has 3 N–H and O–H groups in total. The average Bonchev–Trinajstić information content (AvgIpc) is 2.63. The molecule has 2 aromatic rings. The van der Waals surface area contributed by atoms with Crippen LogP contribution in [0.1, 0.15) is 23.6 Å². The molecule has 5 heteroatoms. The van der Waals surface area contributed by atoms with Gasteiger partial charge in [-0.2, -0.15) is 0 Å². The molecule has 1 aliphatic heterocycles. The van der Waals surface area contributed by atoms with Crippen molar-refractivity contribution in [2.75, 3.05) is 31.1 Å². The summed E-state index contributed by atoms with van der Waals surface area (Å²) in [5.41, 5.74) is 9.31. The number of carboxylic acids is 1. The molecule has 3 rings (SSSR count). The summed E-state index contributed by atoms with van der Waals surface area (Å²) in [6.07, 6.45) is -0.0441. The molecule has 1 heterocycles. The van der Waals surface area contributed by atoms with E-state index in [0.29, 0.717) is 0 Å². The van der Waals surface area contributed by atoms with Crippen LogP contribution in [0.15, 0.2) is 54.6 Å². The zero-order valence-electron chi connectivity index (χ0n) is 14.3. The molecule has 0 aliphatic carbocycles. The average molecular weight is 339 g/mol. The largest absolute Gasteiger partial charge is 0.481 e. The molecule has 25 heavy (non-hydrogen) atoms. The van der Waals surface area contributed by atoms with Gasteiger partial charge in [0, 0.05) is 44.5 Å². The van der Waals surface area contributed by atoms with E-state index in [1.165, 1.54) is 11.3 Å². The second kappa shape index (κ2) is 8.14. The van der Waals surface area contributed by atoms with Crippen molar-refractivity contribution in [3.8, 4) is 0 Å². The van der Waals surface area contributed by atoms with Gasteiger partial charge in [0.05, 0.1) is 6.42 Å². The van der Waals surface area contributed by atoms with E-state index in [4.69, 9.17) is 10.8 Å². The minimum absolute atomic E-state index is 0.0441. The Kier molecular flexibility index (Phi) is 5.68. The highest BCUT2D eigenvalue weighted by Gasteiger charge is 2.18. The summed E-state index contributed by atoms with van der Waals surface area (Å²) in [7, 11) is 0. The molecule has 1 fully saturated rings. The zero-order chi connectivity index (χ0) is 17.6. The van der Waals surface area contributed by atoms with Crippen LogP contribution in [-0.4, -0.2) is 42.2 Å². The van der Waals surface area contributed by atoms with Crippen molar-refractivity contribution in [1.82, 2.24) is 4.90 Å². The Balaban J connectivity index is 1.53. The van der Waals surface area contributed by atoms with E-state index in [1.54, 1.807) is 0 Å². The van der Waals surface area contributed by atoms with Crippen molar-refractivity contribution < 1.29 is 9.90 Å². The number of nitrogens with two attached hydrogens (primary N) is 1. The van der Waals surface area contributed by atoms with Crippen molar-refractivity contribution in [3.63, 3.8) is 0 Å². The van der Waals surface area contributed by atoms with Gasteiger partial charge in [-0.15, -0.1) is 0 Å². The lowest BCUT2D eigenvalue weighted by Gasteiger charge is -2.36. The predicted octanol–water partition coefficient (Wildman–Crippen LogP) is 2.48. The van der Waals surface area contributed by atoms with Gasteiger partial charge in [-0.05, 0) is 23.3 Å². The molecule has 0 aromatic heterocycles. The highest BCUT2D eigenvalue weighted by molar-refractivity contribution is 5.68. The van der Waals surface area contributed by atoms with Crippen LogP contribution in [0.25, 0.3) is 0 Å². The fourth-order valence-electron chi connectivity index (χ4n) is 3.24. The summed E-state index contributed by atoms with van der Waals surface area (Å²) in [5.74, 6) is -0.869. The van der Waals surface area contributed by atoms with Crippen molar-refractivity contribution in [2.24, 2.45) is 5.73 Å². The maximum Gasteiger partial charge on any atom is 0.305 e. The third-order valence-corrected chi connectivity index (χ3v) is 4.70. The Bertz CT molecular complexity index is 680. The second-order valence-corrected chi connectivity index (χ2v) is 6.54. The normalized spacial score (nSPS) is 16.6. The van der Waals surface area contributed by atoms with Gasteiger partial charge in [0.2, 0.25) is 0 Å². The molecule has 1 unspecified atom stereocenters. The van der Waals surface area contributed by atoms with Crippen LogP contribution in [0.2, 0.25) is 0 Å². The van der Waals surface area contributed by atoms with Gasteiger partial charge in [-0.3, -0.25) is 9.69 Å². The van der Waals surface area contributed by atoms with E-state index in [-0.39, 0.29) is 6.42 Å². The first-order valence-electron chi connectivity index (χ1n) is 8.70. The minimum Gasteiger partial charge on any atom is -0.481 e. The number of benzene rings is 2. The van der Waals surface area contributed by atoms with Crippen LogP contribution in [0.3, 0.4) is 0 Å². The first kappa shape index (κ1) is 17.5. The number of hydrogen-bond donors (Lipinski definition) is 2. The summed E-state index contributed by atoms with van der Waals surface area (Å²) in [6, 6.07) is 18.1. The third kappa shape index (κ3) is 4.81. The van der Waals surface area contributed by atoms with Gasteiger partial charge in [0.1, 0.15) is 0 Å². The molecular formula is C20H25N3O2. The van der Waals surface area contributed by atoms with Crippen molar-refractivity contribution >= 4 is 11.7 Å². The first-order chi connectivity index (χ1) is 12.1. The SMILES string of the molecule is NC(CC(=O)O)c1ccc(N2CCN(Cc3ccccc3)CC2)cc1. The topological polar surface area (TPSA) is 69.8 Å². The minimum atomic E-state index is -0.869. The maximum atomic E-state index is 10.8. The Labute approximate surface area is 148 Å². The van der Waals surface area contributed by atoms with Gasteiger partial charge >= 0.3 is 5.97 Å². The fraction of sp³-hybridized carbons (Fsp3) is 0.350. The molecule has 0 amide bonds. The van der Waals surface area contributed by atoms with E-state index in [9.17, 15) is 4.79 Å². The molecule has 1 atom stereocenters. The number of anilines is 1. The number of carboxylic acid groups (broad SMARTS) is 1. The van der Waals surface area contributed by atoms with E-state index >= 15 is 0 Å². The second-order valence-electron chi connectivity index (χ2n) is 6.54. The number of piperazine rings is 1. The number of rotatable bonds is 6. The summed E-state index contributed by atoms with van der Waals surface area (Å²) in [5, 5.41) is 8.84. The molecule has 132 valence electrons. The monoisotopic (exact) mass is 339 g/mol. The van der Waals surface area contributed by atoms with Crippen LogP contribution >= 0.6 is 0 Å². The fourth-order valence-corrected chi connectivity index (χ4v) is 3.24. The molecule has 5 nitrogen and oxygen atoms in total. The van der Waals surface area contributed by atoms with E-state index in [2.05, 4.69) is 34.1 Å². The van der Waals surface area contributed by atoms with Crippen LogP contribution in [0.4, 0.5) is 5.69 Å².